The molecule has 5 heteroatoms. The summed E-state index contributed by atoms with van der Waals surface area (Å²) in [4.78, 5) is 18.3. The van der Waals surface area contributed by atoms with Crippen molar-refractivity contribution >= 4 is 23.0 Å². The van der Waals surface area contributed by atoms with Crippen molar-refractivity contribution in [3.8, 4) is 0 Å². The topological polar surface area (TPSA) is 57.3 Å². The molecule has 0 unspecified atom stereocenters. The maximum atomic E-state index is 11.9. The van der Waals surface area contributed by atoms with Gasteiger partial charge in [-0.05, 0) is 50.2 Å². The normalized spacial score (nSPS) is 10.1. The van der Waals surface area contributed by atoms with Crippen LogP contribution in [0.25, 0.3) is 0 Å². The molecule has 1 aromatic heterocycles. The van der Waals surface area contributed by atoms with Gasteiger partial charge in [-0.2, -0.15) is 0 Å². The Morgan fingerprint density at radius 3 is 2.50 bits per heavy atom. The highest BCUT2D eigenvalue weighted by Crippen LogP contribution is 2.21. The molecule has 0 atom stereocenters. The first-order valence-electron chi connectivity index (χ1n) is 8.15. The third-order valence-electron chi connectivity index (χ3n) is 3.68. The Labute approximate surface area is 143 Å². The highest BCUT2D eigenvalue weighted by atomic mass is 16.1. The highest BCUT2D eigenvalue weighted by Gasteiger charge is 2.07. The van der Waals surface area contributed by atoms with E-state index in [1.54, 1.807) is 18.3 Å². The average Bonchev–Trinajstić information content (AvgIpc) is 2.62. The second-order valence-electron chi connectivity index (χ2n) is 5.27. The molecule has 2 rings (SSSR count). The first-order valence-corrected chi connectivity index (χ1v) is 8.15. The van der Waals surface area contributed by atoms with Crippen molar-refractivity contribution in [2.24, 2.45) is 0 Å². The smallest absolute Gasteiger partial charge is 0.270 e. The molecular weight excluding hydrogens is 300 g/mol. The molecule has 2 N–H and O–H groups in total. The molecule has 0 saturated heterocycles. The summed E-state index contributed by atoms with van der Waals surface area (Å²) in [5, 5.41) is 6.02. The molecule has 0 spiro atoms. The van der Waals surface area contributed by atoms with Gasteiger partial charge in [0.25, 0.3) is 5.91 Å². The van der Waals surface area contributed by atoms with E-state index in [1.165, 1.54) is 5.69 Å². The third-order valence-corrected chi connectivity index (χ3v) is 3.68. The number of aromatic nitrogens is 1. The number of benzene rings is 1. The molecule has 0 aliphatic heterocycles. The van der Waals surface area contributed by atoms with Gasteiger partial charge in [-0.3, -0.25) is 9.78 Å². The van der Waals surface area contributed by atoms with Crippen molar-refractivity contribution < 1.29 is 4.79 Å². The van der Waals surface area contributed by atoms with Crippen LogP contribution >= 0.6 is 0 Å². The molecule has 1 amide bonds. The summed E-state index contributed by atoms with van der Waals surface area (Å²) >= 11 is 0. The molecule has 0 radical (unpaired) electrons. The summed E-state index contributed by atoms with van der Waals surface area (Å²) in [6, 6.07) is 11.8. The Morgan fingerprint density at radius 1 is 1.17 bits per heavy atom. The van der Waals surface area contributed by atoms with Gasteiger partial charge in [0.15, 0.2) is 0 Å². The Hall–Kier alpha value is -2.82. The van der Waals surface area contributed by atoms with E-state index in [2.05, 4.69) is 53.1 Å². The van der Waals surface area contributed by atoms with E-state index in [0.717, 1.165) is 24.5 Å². The van der Waals surface area contributed by atoms with Crippen molar-refractivity contribution in [2.45, 2.75) is 13.8 Å². The number of hydrogen-bond acceptors (Lipinski definition) is 4. The van der Waals surface area contributed by atoms with Crippen LogP contribution in [0.1, 0.15) is 24.3 Å². The summed E-state index contributed by atoms with van der Waals surface area (Å²) < 4.78 is 0. The van der Waals surface area contributed by atoms with E-state index in [9.17, 15) is 4.79 Å². The molecule has 0 fully saturated rings. The number of carbonyl (C=O) groups excluding carboxylic acids is 1. The number of carbonyl (C=O) groups is 1. The average molecular weight is 324 g/mol. The predicted octanol–water partition coefficient (Wildman–Crippen LogP) is 3.59. The van der Waals surface area contributed by atoms with Gasteiger partial charge < -0.3 is 15.5 Å². The number of anilines is 3. The molecule has 1 aromatic carbocycles. The maximum Gasteiger partial charge on any atom is 0.270 e. The van der Waals surface area contributed by atoms with Gasteiger partial charge >= 0.3 is 0 Å². The third kappa shape index (κ3) is 4.59. The molecule has 0 aliphatic carbocycles. The Morgan fingerprint density at radius 2 is 1.88 bits per heavy atom. The van der Waals surface area contributed by atoms with Crippen LogP contribution in [0.2, 0.25) is 0 Å². The fourth-order valence-corrected chi connectivity index (χ4v) is 2.40. The lowest BCUT2D eigenvalue weighted by Gasteiger charge is -2.21. The summed E-state index contributed by atoms with van der Waals surface area (Å²) in [5.74, 6) is -0.213. The number of hydrogen-bond donors (Lipinski definition) is 2. The second kappa shape index (κ2) is 8.72. The van der Waals surface area contributed by atoms with Crippen molar-refractivity contribution in [3.05, 3.63) is 60.9 Å². The maximum absolute atomic E-state index is 11.9. The standard InChI is InChI=1S/C19H24N4O/c1-4-12-21-19(24)18-14-16(11-13-20-18)22-15-7-9-17(10-8-15)23(5-2)6-3/h4,7-11,13-14H,1,5-6,12H2,2-3H3,(H,20,22)(H,21,24). The molecule has 126 valence electrons. The Kier molecular flexibility index (Phi) is 6.37. The van der Waals surface area contributed by atoms with Crippen LogP contribution in [-0.4, -0.2) is 30.5 Å². The minimum atomic E-state index is -0.213. The summed E-state index contributed by atoms with van der Waals surface area (Å²) in [6.45, 7) is 10.3. The zero-order valence-electron chi connectivity index (χ0n) is 14.2. The zero-order valence-corrected chi connectivity index (χ0v) is 14.2. The number of rotatable bonds is 8. The largest absolute Gasteiger partial charge is 0.372 e. The lowest BCUT2D eigenvalue weighted by atomic mass is 10.2. The number of amides is 1. The Bertz CT molecular complexity index is 678. The van der Waals surface area contributed by atoms with Crippen LogP contribution in [0.15, 0.2) is 55.3 Å². The van der Waals surface area contributed by atoms with Crippen LogP contribution in [0.3, 0.4) is 0 Å². The molecule has 5 nitrogen and oxygen atoms in total. The molecule has 1 heterocycles. The van der Waals surface area contributed by atoms with Gasteiger partial charge in [-0.15, -0.1) is 6.58 Å². The van der Waals surface area contributed by atoms with E-state index < -0.39 is 0 Å². The van der Waals surface area contributed by atoms with Crippen LogP contribution in [-0.2, 0) is 0 Å². The molecular formula is C19H24N4O. The zero-order chi connectivity index (χ0) is 17.4. The van der Waals surface area contributed by atoms with Gasteiger partial charge in [0.05, 0.1) is 0 Å². The number of nitrogens with zero attached hydrogens (tertiary/aromatic N) is 2. The van der Waals surface area contributed by atoms with E-state index in [4.69, 9.17) is 0 Å². The van der Waals surface area contributed by atoms with E-state index in [-0.39, 0.29) is 5.91 Å². The van der Waals surface area contributed by atoms with Gasteiger partial charge in [0.2, 0.25) is 0 Å². The molecule has 0 saturated carbocycles. The van der Waals surface area contributed by atoms with Crippen LogP contribution < -0.4 is 15.5 Å². The predicted molar refractivity (Wildman–Crippen MR) is 100 cm³/mol. The molecule has 2 aromatic rings. The van der Waals surface area contributed by atoms with Gasteiger partial charge in [0, 0.05) is 42.9 Å². The van der Waals surface area contributed by atoms with Crippen LogP contribution in [0, 0.1) is 0 Å². The fraction of sp³-hybridized carbons (Fsp3) is 0.263. The van der Waals surface area contributed by atoms with Crippen LogP contribution in [0.4, 0.5) is 17.1 Å². The SMILES string of the molecule is C=CCNC(=O)c1cc(Nc2ccc(N(CC)CC)cc2)ccn1. The number of nitrogens with one attached hydrogen (secondary N) is 2. The summed E-state index contributed by atoms with van der Waals surface area (Å²) in [7, 11) is 0. The van der Waals surface area contributed by atoms with E-state index in [0.29, 0.717) is 12.2 Å². The second-order valence-corrected chi connectivity index (χ2v) is 5.27. The van der Waals surface area contributed by atoms with Gasteiger partial charge in [-0.25, -0.2) is 0 Å². The fourth-order valence-electron chi connectivity index (χ4n) is 2.40. The first-order chi connectivity index (χ1) is 11.7. The summed E-state index contributed by atoms with van der Waals surface area (Å²) in [6.07, 6.45) is 3.26. The van der Waals surface area contributed by atoms with E-state index >= 15 is 0 Å². The molecule has 24 heavy (non-hydrogen) atoms. The first kappa shape index (κ1) is 17.5. The van der Waals surface area contributed by atoms with E-state index in [1.807, 2.05) is 18.2 Å². The highest BCUT2D eigenvalue weighted by molar-refractivity contribution is 5.93. The monoisotopic (exact) mass is 324 g/mol. The van der Waals surface area contributed by atoms with Gasteiger partial charge in [-0.1, -0.05) is 6.08 Å². The van der Waals surface area contributed by atoms with Crippen molar-refractivity contribution in [1.82, 2.24) is 10.3 Å². The molecule has 0 aliphatic rings. The minimum Gasteiger partial charge on any atom is -0.372 e. The van der Waals surface area contributed by atoms with Crippen molar-refractivity contribution in [3.63, 3.8) is 0 Å². The lowest BCUT2D eigenvalue weighted by molar-refractivity contribution is 0.0953. The molecule has 0 bridgehead atoms. The van der Waals surface area contributed by atoms with Gasteiger partial charge in [0.1, 0.15) is 5.69 Å². The lowest BCUT2D eigenvalue weighted by Crippen LogP contribution is -2.24. The summed E-state index contributed by atoms with van der Waals surface area (Å²) in [5.41, 5.74) is 3.37. The van der Waals surface area contributed by atoms with Crippen molar-refractivity contribution in [2.75, 3.05) is 29.9 Å². The quantitative estimate of drug-likeness (QED) is 0.729. The minimum absolute atomic E-state index is 0.213. The Balaban J connectivity index is 2.08. The number of pyridine rings is 1. The van der Waals surface area contributed by atoms with Crippen molar-refractivity contribution in [1.29, 1.82) is 0 Å². The van der Waals surface area contributed by atoms with Crippen LogP contribution in [0.5, 0.6) is 0 Å².